The number of nitrogens with one attached hydrogen (secondary N) is 1. The molecule has 0 atom stereocenters. The second-order valence-electron chi connectivity index (χ2n) is 6.89. The first-order valence-corrected chi connectivity index (χ1v) is 8.63. The van der Waals surface area contributed by atoms with Crippen molar-refractivity contribution in [1.82, 2.24) is 25.0 Å². The fraction of sp³-hybridized carbons (Fsp3) is 0.389. The van der Waals surface area contributed by atoms with Crippen molar-refractivity contribution in [3.63, 3.8) is 0 Å². The molecule has 3 aromatic heterocycles. The summed E-state index contributed by atoms with van der Waals surface area (Å²) in [6.07, 6.45) is 4.53. The van der Waals surface area contributed by atoms with Crippen LogP contribution in [0.15, 0.2) is 35.1 Å². The molecule has 128 valence electrons. The summed E-state index contributed by atoms with van der Waals surface area (Å²) in [7, 11) is 0. The number of pyridine rings is 1. The van der Waals surface area contributed by atoms with Gasteiger partial charge in [-0.2, -0.15) is 5.10 Å². The Labute approximate surface area is 144 Å². The van der Waals surface area contributed by atoms with Crippen LogP contribution >= 0.6 is 0 Å². The van der Waals surface area contributed by atoms with E-state index in [9.17, 15) is 4.79 Å². The number of aromatic nitrogens is 3. The average molecular weight is 337 g/mol. The molecule has 0 saturated carbocycles. The summed E-state index contributed by atoms with van der Waals surface area (Å²) in [6, 6.07) is 6.01. The van der Waals surface area contributed by atoms with Crippen molar-refractivity contribution >= 4 is 17.1 Å². The topological polar surface area (TPSA) is 76.2 Å². The zero-order chi connectivity index (χ0) is 17.0. The molecule has 7 heteroatoms. The number of carbonyl (C=O) groups is 1. The van der Waals surface area contributed by atoms with Crippen molar-refractivity contribution in [2.75, 3.05) is 19.6 Å². The largest absolute Gasteiger partial charge is 0.463 e. The molecule has 2 amide bonds. The summed E-state index contributed by atoms with van der Waals surface area (Å²) in [5, 5.41) is 7.62. The highest BCUT2D eigenvalue weighted by Gasteiger charge is 2.51. The molecule has 1 N–H and O–H groups in total. The molecule has 0 radical (unpaired) electrons. The summed E-state index contributed by atoms with van der Waals surface area (Å²) < 4.78 is 7.53. The molecule has 2 aliphatic rings. The molecule has 7 nitrogen and oxygen atoms in total. The first-order chi connectivity index (χ1) is 12.2. The van der Waals surface area contributed by atoms with Gasteiger partial charge in [-0.05, 0) is 25.5 Å². The zero-order valence-corrected chi connectivity index (χ0v) is 14.0. The Morgan fingerprint density at radius 1 is 1.40 bits per heavy atom. The molecule has 25 heavy (non-hydrogen) atoms. The monoisotopic (exact) mass is 337 g/mol. The minimum Gasteiger partial charge on any atom is -0.463 e. The van der Waals surface area contributed by atoms with Gasteiger partial charge in [-0.3, -0.25) is 9.67 Å². The molecular formula is C18H19N5O2. The first-order valence-electron chi connectivity index (χ1n) is 8.63. The minimum atomic E-state index is 0.0267. The summed E-state index contributed by atoms with van der Waals surface area (Å²) in [4.78, 5) is 18.3. The number of nitrogens with zero attached hydrogens (tertiary/aromatic N) is 4. The molecule has 0 aromatic carbocycles. The van der Waals surface area contributed by atoms with Crippen molar-refractivity contribution in [3.8, 4) is 11.3 Å². The van der Waals surface area contributed by atoms with Gasteiger partial charge >= 0.3 is 6.03 Å². The van der Waals surface area contributed by atoms with E-state index in [4.69, 9.17) is 9.52 Å². The summed E-state index contributed by atoms with van der Waals surface area (Å²) >= 11 is 0. The molecule has 0 aliphatic carbocycles. The number of hydrogen-bond donors (Lipinski definition) is 1. The highest BCUT2D eigenvalue weighted by Crippen LogP contribution is 2.43. The van der Waals surface area contributed by atoms with E-state index in [0.29, 0.717) is 6.54 Å². The standard InChI is InChI=1S/C18H19N5O2/c1-2-19-17(24)22-10-18(11-22)4-5-23-16(18)8-14(21-23)12-7-15-13(20-9-12)3-6-25-15/h3,6-9H,2,4-5,10-11H2,1H3,(H,19,24). The smallest absolute Gasteiger partial charge is 0.317 e. The molecule has 3 aromatic rings. The van der Waals surface area contributed by atoms with Gasteiger partial charge in [-0.15, -0.1) is 0 Å². The number of carbonyl (C=O) groups excluding carboxylic acids is 1. The number of likely N-dealkylation sites (tertiary alicyclic amines) is 1. The Hall–Kier alpha value is -2.83. The quantitative estimate of drug-likeness (QED) is 0.779. The van der Waals surface area contributed by atoms with Crippen LogP contribution in [-0.2, 0) is 12.0 Å². The van der Waals surface area contributed by atoms with Gasteiger partial charge in [0.2, 0.25) is 0 Å². The van der Waals surface area contributed by atoms with E-state index in [1.54, 1.807) is 6.26 Å². The van der Waals surface area contributed by atoms with Gasteiger partial charge in [0.1, 0.15) is 5.52 Å². The Morgan fingerprint density at radius 2 is 2.28 bits per heavy atom. The van der Waals surface area contributed by atoms with Crippen LogP contribution in [-0.4, -0.2) is 45.3 Å². The lowest BCUT2D eigenvalue weighted by atomic mass is 9.76. The maximum Gasteiger partial charge on any atom is 0.317 e. The molecule has 5 heterocycles. The third-order valence-corrected chi connectivity index (χ3v) is 5.33. The molecule has 1 fully saturated rings. The van der Waals surface area contributed by atoms with Crippen LogP contribution in [0.3, 0.4) is 0 Å². The fourth-order valence-corrected chi connectivity index (χ4v) is 4.00. The zero-order valence-electron chi connectivity index (χ0n) is 14.0. The maximum absolute atomic E-state index is 12.0. The summed E-state index contributed by atoms with van der Waals surface area (Å²) in [5.74, 6) is 0. The van der Waals surface area contributed by atoms with Crippen molar-refractivity contribution in [1.29, 1.82) is 0 Å². The summed E-state index contributed by atoms with van der Waals surface area (Å²) in [6.45, 7) is 5.02. The number of fused-ring (bicyclic) bond motifs is 3. The highest BCUT2D eigenvalue weighted by atomic mass is 16.3. The SMILES string of the molecule is CCNC(=O)N1CC2(CCn3nc(-c4cnc5ccoc5c4)cc32)C1. The van der Waals surface area contributed by atoms with Crippen molar-refractivity contribution < 1.29 is 9.21 Å². The van der Waals surface area contributed by atoms with Gasteiger partial charge in [0, 0.05) is 55.1 Å². The number of hydrogen-bond acceptors (Lipinski definition) is 4. The molecule has 1 saturated heterocycles. The van der Waals surface area contributed by atoms with E-state index in [0.717, 1.165) is 48.4 Å². The Kier molecular flexibility index (Phi) is 2.95. The molecular weight excluding hydrogens is 318 g/mol. The van der Waals surface area contributed by atoms with Gasteiger partial charge in [-0.25, -0.2) is 4.79 Å². The number of amides is 2. The lowest BCUT2D eigenvalue weighted by Gasteiger charge is -2.47. The number of furan rings is 1. The van der Waals surface area contributed by atoms with Gasteiger partial charge in [-0.1, -0.05) is 0 Å². The molecule has 1 spiro atoms. The van der Waals surface area contributed by atoms with Crippen LogP contribution < -0.4 is 5.32 Å². The van der Waals surface area contributed by atoms with E-state index < -0.39 is 0 Å². The van der Waals surface area contributed by atoms with E-state index in [2.05, 4.69) is 21.0 Å². The first kappa shape index (κ1) is 14.5. The third kappa shape index (κ3) is 2.08. The third-order valence-electron chi connectivity index (χ3n) is 5.33. The van der Waals surface area contributed by atoms with Crippen molar-refractivity contribution in [3.05, 3.63) is 36.4 Å². The highest BCUT2D eigenvalue weighted by molar-refractivity contribution is 5.78. The van der Waals surface area contributed by atoms with Crippen LogP contribution in [0.1, 0.15) is 19.0 Å². The Morgan fingerprint density at radius 3 is 3.12 bits per heavy atom. The lowest BCUT2D eigenvalue weighted by molar-refractivity contribution is 0.0925. The Bertz CT molecular complexity index is 967. The molecule has 2 aliphatic heterocycles. The average Bonchev–Trinajstić information content (AvgIpc) is 3.26. The van der Waals surface area contributed by atoms with Gasteiger partial charge < -0.3 is 14.6 Å². The minimum absolute atomic E-state index is 0.0267. The van der Waals surface area contributed by atoms with Gasteiger partial charge in [0.05, 0.1) is 12.0 Å². The van der Waals surface area contributed by atoms with Crippen molar-refractivity contribution in [2.45, 2.75) is 25.3 Å². The van der Waals surface area contributed by atoms with E-state index in [1.165, 1.54) is 5.69 Å². The second-order valence-corrected chi connectivity index (χ2v) is 6.89. The van der Waals surface area contributed by atoms with Crippen LogP contribution in [0.2, 0.25) is 0 Å². The van der Waals surface area contributed by atoms with Crippen LogP contribution in [0.25, 0.3) is 22.4 Å². The Balaban J connectivity index is 1.43. The van der Waals surface area contributed by atoms with Crippen LogP contribution in [0.4, 0.5) is 4.79 Å². The van der Waals surface area contributed by atoms with Crippen LogP contribution in [0.5, 0.6) is 0 Å². The molecule has 5 rings (SSSR count). The van der Waals surface area contributed by atoms with E-state index in [1.807, 2.05) is 30.2 Å². The molecule has 0 bridgehead atoms. The summed E-state index contributed by atoms with van der Waals surface area (Å²) in [5.41, 5.74) is 4.77. The lowest BCUT2D eigenvalue weighted by Crippen LogP contribution is -2.62. The number of aryl methyl sites for hydroxylation is 1. The normalized spacial score (nSPS) is 17.7. The van der Waals surface area contributed by atoms with E-state index >= 15 is 0 Å². The predicted octanol–water partition coefficient (Wildman–Crippen LogP) is 2.38. The van der Waals surface area contributed by atoms with E-state index in [-0.39, 0.29) is 11.4 Å². The molecule has 0 unspecified atom stereocenters. The van der Waals surface area contributed by atoms with Crippen LogP contribution in [0, 0.1) is 0 Å². The second kappa shape index (κ2) is 5.08. The van der Waals surface area contributed by atoms with Gasteiger partial charge in [0.15, 0.2) is 5.58 Å². The number of rotatable bonds is 2. The number of urea groups is 1. The predicted molar refractivity (Wildman–Crippen MR) is 92.2 cm³/mol. The van der Waals surface area contributed by atoms with Gasteiger partial charge in [0.25, 0.3) is 0 Å². The fourth-order valence-electron chi connectivity index (χ4n) is 4.00. The maximum atomic E-state index is 12.0. The van der Waals surface area contributed by atoms with Crippen molar-refractivity contribution in [2.24, 2.45) is 0 Å².